The fourth-order valence-electron chi connectivity index (χ4n) is 1.20. The minimum Gasteiger partial charge on any atom is -0.380 e. The van der Waals surface area contributed by atoms with Gasteiger partial charge in [0.2, 0.25) is 0 Å². The zero-order valence-electron chi connectivity index (χ0n) is 12.5. The zero-order valence-corrected chi connectivity index (χ0v) is 12.5. The molecular weight excluding hydrogens is 382 g/mol. The molecule has 1 amide bonds. The average molecular weight is 390 g/mol. The summed E-state index contributed by atoms with van der Waals surface area (Å²) in [4.78, 5) is 39.9. The average Bonchev–Trinajstić information content (AvgIpc) is 2.45. The third-order valence-electron chi connectivity index (χ3n) is 2.26. The molecule has 8 nitrogen and oxygen atoms in total. The van der Waals surface area contributed by atoms with Gasteiger partial charge in [0, 0.05) is 6.07 Å². The number of nitrogens with two attached hydrogens (primary N) is 1. The molecule has 0 aliphatic heterocycles. The second-order valence-electron chi connectivity index (χ2n) is 4.31. The van der Waals surface area contributed by atoms with E-state index in [0.717, 1.165) is 5.56 Å². The smallest absolute Gasteiger partial charge is 0.380 e. The number of primary amides is 1. The van der Waals surface area contributed by atoms with Gasteiger partial charge in [-0.3, -0.25) is 14.9 Å². The molecule has 1 aromatic rings. The Morgan fingerprint density at radius 2 is 1.46 bits per heavy atom. The molecule has 0 fully saturated rings. The van der Waals surface area contributed by atoms with Crippen molar-refractivity contribution in [3.05, 3.63) is 39.4 Å². The van der Waals surface area contributed by atoms with Crippen LogP contribution >= 0.6 is 0 Å². The van der Waals surface area contributed by atoms with Gasteiger partial charge in [0.1, 0.15) is 5.56 Å². The lowest BCUT2D eigenvalue weighted by Crippen LogP contribution is -2.34. The van der Waals surface area contributed by atoms with Gasteiger partial charge in [-0.25, -0.2) is 9.59 Å². The fourth-order valence-corrected chi connectivity index (χ4v) is 1.20. The highest BCUT2D eigenvalue weighted by Crippen LogP contribution is 2.21. The Morgan fingerprint density at radius 3 is 1.77 bits per heavy atom. The van der Waals surface area contributed by atoms with Crippen LogP contribution in [0.15, 0.2) is 18.2 Å². The molecule has 0 atom stereocenters. The first-order valence-electron chi connectivity index (χ1n) is 6.02. The largest absolute Gasteiger partial charge is 0.491 e. The molecule has 144 valence electrons. The molecule has 0 spiro atoms. The van der Waals surface area contributed by atoms with Gasteiger partial charge < -0.3 is 10.5 Å². The molecule has 0 heterocycles. The number of ether oxygens (including phenoxy) is 1. The van der Waals surface area contributed by atoms with Crippen molar-refractivity contribution in [2.75, 3.05) is 0 Å². The molecule has 0 aliphatic rings. The summed E-state index contributed by atoms with van der Waals surface area (Å²) in [5.41, 5.74) is 5.38. The van der Waals surface area contributed by atoms with Crippen LogP contribution in [0.5, 0.6) is 0 Å². The van der Waals surface area contributed by atoms with E-state index in [0.29, 0.717) is 0 Å². The van der Waals surface area contributed by atoms with Crippen molar-refractivity contribution in [2.24, 2.45) is 5.73 Å². The van der Waals surface area contributed by atoms with Crippen LogP contribution < -0.4 is 5.73 Å². The number of hydrogen-bond acceptors (Lipinski definition) is 6. The highest BCUT2D eigenvalue weighted by Gasteiger charge is 2.49. The predicted octanol–water partition coefficient (Wildman–Crippen LogP) is 2.18. The number of carbonyl (C=O) groups is 3. The van der Waals surface area contributed by atoms with Gasteiger partial charge in [0.05, 0.1) is 4.92 Å². The molecular formula is C12H8F6N2O6. The van der Waals surface area contributed by atoms with E-state index in [1.54, 1.807) is 13.0 Å². The predicted molar refractivity (Wildman–Crippen MR) is 69.6 cm³/mol. The molecule has 0 saturated carbocycles. The lowest BCUT2D eigenvalue weighted by molar-refractivity contribution is -0.385. The van der Waals surface area contributed by atoms with Crippen LogP contribution in [0.4, 0.5) is 32.0 Å². The van der Waals surface area contributed by atoms with Crippen LogP contribution in [0, 0.1) is 17.0 Å². The van der Waals surface area contributed by atoms with Crippen LogP contribution in [-0.4, -0.2) is 35.1 Å². The van der Waals surface area contributed by atoms with Gasteiger partial charge in [0.15, 0.2) is 0 Å². The molecule has 0 aliphatic carbocycles. The maximum absolute atomic E-state index is 11.2. The quantitative estimate of drug-likeness (QED) is 0.271. The van der Waals surface area contributed by atoms with Crippen LogP contribution in [-0.2, 0) is 14.3 Å². The second-order valence-corrected chi connectivity index (χ2v) is 4.31. The molecule has 0 saturated heterocycles. The molecule has 26 heavy (non-hydrogen) atoms. The molecule has 2 N–H and O–H groups in total. The summed E-state index contributed by atoms with van der Waals surface area (Å²) in [6.45, 7) is 1.71. The maximum atomic E-state index is 11.2. The van der Waals surface area contributed by atoms with Gasteiger partial charge in [-0.1, -0.05) is 6.07 Å². The Morgan fingerprint density at radius 1 is 1.04 bits per heavy atom. The number of nitrogens with zero attached hydrogens (tertiary/aromatic N) is 1. The summed E-state index contributed by atoms with van der Waals surface area (Å²) in [6.07, 6.45) is -11.2. The number of carbonyl (C=O) groups excluding carboxylic acids is 3. The first kappa shape index (κ1) is 22.8. The van der Waals surface area contributed by atoms with Gasteiger partial charge in [-0.15, -0.1) is 0 Å². The van der Waals surface area contributed by atoms with Crippen molar-refractivity contribution >= 4 is 23.5 Å². The van der Waals surface area contributed by atoms with Crippen LogP contribution in [0.1, 0.15) is 15.9 Å². The standard InChI is InChI=1S/C8H8N2O3.C4F6O3/c1-5-2-3-6(8(9)11)7(4-5)10(12)13;5-3(6,7)1(11)13-2(12)4(8,9)10/h2-4H,1H3,(H2,9,11);. The summed E-state index contributed by atoms with van der Waals surface area (Å²) in [7, 11) is 0. The summed E-state index contributed by atoms with van der Waals surface area (Å²) < 4.78 is 69.7. The molecule has 14 heteroatoms. The Balaban J connectivity index is 0.000000481. The number of hydrogen-bond donors (Lipinski definition) is 1. The number of alkyl halides is 6. The lowest BCUT2D eigenvalue weighted by Gasteiger charge is -2.06. The number of nitro benzene ring substituents is 1. The highest BCUT2D eigenvalue weighted by atomic mass is 19.4. The minimum atomic E-state index is -5.62. The van der Waals surface area contributed by atoms with Crippen LogP contribution in [0.2, 0.25) is 0 Å². The van der Waals surface area contributed by atoms with E-state index < -0.39 is 35.1 Å². The Kier molecular flexibility index (Phi) is 7.25. The number of rotatable bonds is 2. The van der Waals surface area contributed by atoms with Gasteiger partial charge in [-0.05, 0) is 18.6 Å². The van der Waals surface area contributed by atoms with Crippen LogP contribution in [0.3, 0.4) is 0 Å². The van der Waals surface area contributed by atoms with Crippen molar-refractivity contribution < 1.29 is 50.4 Å². The monoisotopic (exact) mass is 390 g/mol. The van der Waals surface area contributed by atoms with Gasteiger partial charge in [0.25, 0.3) is 11.6 Å². The van der Waals surface area contributed by atoms with E-state index in [9.17, 15) is 50.8 Å². The normalized spacial score (nSPS) is 11.0. The Bertz CT molecular complexity index is 704. The van der Waals surface area contributed by atoms with Crippen molar-refractivity contribution in [1.29, 1.82) is 0 Å². The second kappa shape index (κ2) is 8.26. The maximum Gasteiger partial charge on any atom is 0.491 e. The molecule has 1 rings (SSSR count). The minimum absolute atomic E-state index is 0.0596. The number of aryl methyl sites for hydroxylation is 1. The summed E-state index contributed by atoms with van der Waals surface area (Å²) in [5, 5.41) is 10.5. The highest BCUT2D eigenvalue weighted by molar-refractivity contribution is 5.97. The number of halogens is 6. The number of nitro groups is 1. The number of benzene rings is 1. The zero-order chi connectivity index (χ0) is 20.9. The van der Waals surface area contributed by atoms with Crippen molar-refractivity contribution in [3.63, 3.8) is 0 Å². The lowest BCUT2D eigenvalue weighted by atomic mass is 10.1. The van der Waals surface area contributed by atoms with E-state index in [1.807, 2.05) is 0 Å². The topological polar surface area (TPSA) is 130 Å². The van der Waals surface area contributed by atoms with E-state index in [1.165, 1.54) is 12.1 Å². The third-order valence-corrected chi connectivity index (χ3v) is 2.26. The summed E-state index contributed by atoms with van der Waals surface area (Å²) >= 11 is 0. The Hall–Kier alpha value is -3.19. The van der Waals surface area contributed by atoms with E-state index in [2.05, 4.69) is 4.74 Å². The van der Waals surface area contributed by atoms with Crippen molar-refractivity contribution in [1.82, 2.24) is 0 Å². The number of esters is 2. The summed E-state index contributed by atoms with van der Waals surface area (Å²) in [5.74, 6) is -7.18. The molecule has 0 radical (unpaired) electrons. The molecule has 0 bridgehead atoms. The van der Waals surface area contributed by atoms with E-state index >= 15 is 0 Å². The molecule has 0 unspecified atom stereocenters. The first-order chi connectivity index (χ1) is 11.6. The van der Waals surface area contributed by atoms with E-state index in [-0.39, 0.29) is 11.3 Å². The molecule has 0 aromatic heterocycles. The third kappa shape index (κ3) is 7.14. The van der Waals surface area contributed by atoms with Gasteiger partial charge in [-0.2, -0.15) is 26.3 Å². The molecule has 1 aromatic carbocycles. The van der Waals surface area contributed by atoms with Gasteiger partial charge >= 0.3 is 24.3 Å². The van der Waals surface area contributed by atoms with E-state index in [4.69, 9.17) is 5.73 Å². The summed E-state index contributed by atoms with van der Waals surface area (Å²) in [6, 6.07) is 4.28. The van der Waals surface area contributed by atoms with Crippen molar-refractivity contribution in [3.8, 4) is 0 Å². The number of amides is 1. The van der Waals surface area contributed by atoms with Crippen LogP contribution in [0.25, 0.3) is 0 Å². The van der Waals surface area contributed by atoms with Crippen molar-refractivity contribution in [2.45, 2.75) is 19.3 Å². The first-order valence-corrected chi connectivity index (χ1v) is 6.02. The Labute approximate surface area is 139 Å². The SMILES string of the molecule is Cc1ccc(C(N)=O)c([N+](=O)[O-])c1.O=C(OC(=O)C(F)(F)F)C(F)(F)F. The fraction of sp³-hybridized carbons (Fsp3) is 0.250.